The summed E-state index contributed by atoms with van der Waals surface area (Å²) in [5.74, 6) is -4.06. The van der Waals surface area contributed by atoms with Crippen LogP contribution in [0.2, 0.25) is 0 Å². The first kappa shape index (κ1) is 31.9. The van der Waals surface area contributed by atoms with Gasteiger partial charge in [0, 0.05) is 23.5 Å². The van der Waals surface area contributed by atoms with Crippen LogP contribution in [0.15, 0.2) is 78.9 Å². The lowest BCUT2D eigenvalue weighted by atomic mass is 9.54. The van der Waals surface area contributed by atoms with Crippen molar-refractivity contribution < 1.29 is 43.8 Å². The Morgan fingerprint density at radius 3 is 2.52 bits per heavy atom. The van der Waals surface area contributed by atoms with E-state index in [1.807, 2.05) is 62.4 Å². The molecule has 0 spiro atoms. The zero-order valence-corrected chi connectivity index (χ0v) is 27.0. The first-order chi connectivity index (χ1) is 22.0. The highest BCUT2D eigenvalue weighted by Crippen LogP contribution is 2.75. The van der Waals surface area contributed by atoms with Crippen LogP contribution in [0.5, 0.6) is 0 Å². The maximum Gasteiger partial charge on any atom is 0.331 e. The van der Waals surface area contributed by atoms with E-state index in [4.69, 9.17) is 23.7 Å². The van der Waals surface area contributed by atoms with Crippen LogP contribution in [0, 0.1) is 23.7 Å². The lowest BCUT2D eigenvalue weighted by molar-refractivity contribution is -0.443. The van der Waals surface area contributed by atoms with E-state index >= 15 is 0 Å². The summed E-state index contributed by atoms with van der Waals surface area (Å²) in [5.41, 5.74) is -4.13. The highest BCUT2D eigenvalue weighted by molar-refractivity contribution is 5.82. The molecule has 6 aliphatic rings. The number of hydrogen-bond donors (Lipinski definition) is 3. The molecule has 3 N–H and O–H groups in total. The van der Waals surface area contributed by atoms with Crippen molar-refractivity contribution in [1.82, 2.24) is 0 Å². The van der Waals surface area contributed by atoms with Crippen molar-refractivity contribution in [3.8, 4) is 0 Å². The van der Waals surface area contributed by atoms with Gasteiger partial charge in [0.05, 0.1) is 12.2 Å². The number of rotatable bonds is 9. The second kappa shape index (κ2) is 11.0. The smallest absolute Gasteiger partial charge is 0.331 e. The van der Waals surface area contributed by atoms with Gasteiger partial charge in [-0.25, -0.2) is 4.79 Å². The monoisotopic (exact) mass is 634 g/mol. The summed E-state index contributed by atoms with van der Waals surface area (Å²) in [7, 11) is 0. The summed E-state index contributed by atoms with van der Waals surface area (Å²) < 4.78 is 33.3. The quantitative estimate of drug-likeness (QED) is 0.120. The SMILES string of the molecule is C=C(C)[C@]12C[C@@H](C)[C@@]34OC(c5ccccc5)(OC1C3C1OC1(CO)C(O)C1(O)C(OC(=O)/C=C/C=C/C=C/CCC)C(C)CC14)O2. The van der Waals surface area contributed by atoms with Crippen molar-refractivity contribution in [3.63, 3.8) is 0 Å². The summed E-state index contributed by atoms with van der Waals surface area (Å²) in [6.45, 7) is 11.8. The Balaban J connectivity index is 1.31. The normalized spacial score (nSPS) is 48.4. The van der Waals surface area contributed by atoms with E-state index in [2.05, 4.69) is 20.4 Å². The van der Waals surface area contributed by atoms with Gasteiger partial charge in [-0.3, -0.25) is 0 Å². The summed E-state index contributed by atoms with van der Waals surface area (Å²) in [6, 6.07) is 9.46. The van der Waals surface area contributed by atoms with Gasteiger partial charge in [-0.2, -0.15) is 0 Å². The third-order valence-corrected chi connectivity index (χ3v) is 11.8. The van der Waals surface area contributed by atoms with Crippen molar-refractivity contribution in [3.05, 3.63) is 84.5 Å². The fraction of sp³-hybridized carbons (Fsp3) is 0.595. The molecule has 3 saturated carbocycles. The average molecular weight is 635 g/mol. The van der Waals surface area contributed by atoms with E-state index in [0.717, 1.165) is 18.4 Å². The fourth-order valence-electron chi connectivity index (χ4n) is 9.72. The standard InChI is InChI=1S/C37H46O9/c1-6-7-8-9-10-11-15-18-27(39)42-29-23(4)19-26-35(29,41)32(40)34(21-38)31(43-34)28-30-33(22(2)3)20-24(5)36(26,28)46-37(44-30,45-33)25-16-13-12-14-17-25/h8-18,23-24,26,28-32,38,40-41H,2,6-7,19-21H2,1,3-5H3/b9-8+,11-10+,18-15+/t23?,24-,26?,28?,29?,30?,31?,32?,33-,34?,35?,36+,37?/m1/s1. The van der Waals surface area contributed by atoms with Crippen LogP contribution in [-0.4, -0.2) is 74.7 Å². The Labute approximate surface area is 270 Å². The van der Waals surface area contributed by atoms with E-state index in [-0.39, 0.29) is 11.8 Å². The van der Waals surface area contributed by atoms with Crippen LogP contribution in [0.25, 0.3) is 0 Å². The van der Waals surface area contributed by atoms with Gasteiger partial charge in [-0.1, -0.05) is 94.5 Å². The van der Waals surface area contributed by atoms with Crippen LogP contribution >= 0.6 is 0 Å². The molecule has 0 amide bonds. The third-order valence-electron chi connectivity index (χ3n) is 11.8. The highest BCUT2D eigenvalue weighted by Gasteiger charge is 2.89. The first-order valence-corrected chi connectivity index (χ1v) is 16.7. The van der Waals surface area contributed by atoms with Crippen LogP contribution in [-0.2, 0) is 34.5 Å². The van der Waals surface area contributed by atoms with Crippen LogP contribution in [0.3, 0.4) is 0 Å². The van der Waals surface area contributed by atoms with Crippen LogP contribution in [0.4, 0.5) is 0 Å². The van der Waals surface area contributed by atoms with E-state index in [1.54, 1.807) is 12.2 Å². The molecule has 1 aromatic rings. The molecule has 9 heteroatoms. The van der Waals surface area contributed by atoms with Crippen LogP contribution in [0.1, 0.15) is 58.9 Å². The zero-order chi connectivity index (χ0) is 32.7. The van der Waals surface area contributed by atoms with Crippen LogP contribution < -0.4 is 0 Å². The van der Waals surface area contributed by atoms with Crippen molar-refractivity contribution >= 4 is 5.97 Å². The van der Waals surface area contributed by atoms with Gasteiger partial charge in [0.15, 0.2) is 0 Å². The number of epoxide rings is 1. The summed E-state index contributed by atoms with van der Waals surface area (Å²) >= 11 is 0. The molecule has 3 bridgehead atoms. The maximum absolute atomic E-state index is 13.2. The Kier molecular flexibility index (Phi) is 7.61. The fourth-order valence-corrected chi connectivity index (χ4v) is 9.72. The molecular weight excluding hydrogens is 588 g/mol. The summed E-state index contributed by atoms with van der Waals surface area (Å²) in [6.07, 6.45) is 9.39. The molecule has 9 nitrogen and oxygen atoms in total. The van der Waals surface area contributed by atoms with Gasteiger partial charge in [-0.05, 0) is 43.6 Å². The molecule has 248 valence electrons. The van der Waals surface area contributed by atoms with Gasteiger partial charge in [0.1, 0.15) is 41.2 Å². The lowest BCUT2D eigenvalue weighted by Crippen LogP contribution is -2.72. The second-order valence-corrected chi connectivity index (χ2v) is 14.3. The van der Waals surface area contributed by atoms with Gasteiger partial charge >= 0.3 is 11.9 Å². The number of carbonyl (C=O) groups is 1. The molecule has 7 rings (SSSR count). The minimum absolute atomic E-state index is 0.227. The minimum Gasteiger partial charge on any atom is -0.456 e. The highest BCUT2D eigenvalue weighted by atomic mass is 16.9. The van der Waals surface area contributed by atoms with Crippen molar-refractivity contribution in [2.75, 3.05) is 6.61 Å². The number of ether oxygens (including phenoxy) is 5. The molecule has 6 fully saturated rings. The average Bonchev–Trinajstić information content (AvgIpc) is 3.67. The number of esters is 1. The van der Waals surface area contributed by atoms with E-state index in [1.165, 1.54) is 6.08 Å². The summed E-state index contributed by atoms with van der Waals surface area (Å²) in [4.78, 5) is 13.2. The largest absolute Gasteiger partial charge is 0.456 e. The van der Waals surface area contributed by atoms with Crippen molar-refractivity contribution in [2.24, 2.45) is 23.7 Å². The predicted octanol–water partition coefficient (Wildman–Crippen LogP) is 4.22. The van der Waals surface area contributed by atoms with E-state index in [0.29, 0.717) is 18.4 Å². The molecule has 0 aromatic heterocycles. The maximum atomic E-state index is 13.2. The van der Waals surface area contributed by atoms with Gasteiger partial charge in [-0.15, -0.1) is 0 Å². The number of aliphatic hydroxyl groups excluding tert-OH is 2. The number of allylic oxidation sites excluding steroid dienone is 5. The Morgan fingerprint density at radius 1 is 1.09 bits per heavy atom. The van der Waals surface area contributed by atoms with Gasteiger partial charge < -0.3 is 39.0 Å². The third kappa shape index (κ3) is 4.09. The zero-order valence-electron chi connectivity index (χ0n) is 27.0. The number of hydrogen-bond acceptors (Lipinski definition) is 9. The van der Waals surface area contributed by atoms with Gasteiger partial charge in [0.25, 0.3) is 0 Å². The number of aliphatic hydroxyl groups is 3. The Morgan fingerprint density at radius 2 is 1.83 bits per heavy atom. The molecule has 10 unspecified atom stereocenters. The van der Waals surface area contributed by atoms with E-state index in [9.17, 15) is 20.1 Å². The predicted molar refractivity (Wildman–Crippen MR) is 168 cm³/mol. The van der Waals surface area contributed by atoms with Crippen molar-refractivity contribution in [2.45, 2.75) is 106 Å². The molecule has 13 atom stereocenters. The number of carbonyl (C=O) groups excluding carboxylic acids is 1. The number of fused-ring (bicyclic) bond motifs is 3. The van der Waals surface area contributed by atoms with E-state index < -0.39 is 77.2 Å². The van der Waals surface area contributed by atoms with Gasteiger partial charge in [0.2, 0.25) is 0 Å². The molecular formula is C37H46O9. The number of benzene rings is 1. The van der Waals surface area contributed by atoms with Crippen molar-refractivity contribution in [1.29, 1.82) is 0 Å². The Hall–Kier alpha value is -2.63. The first-order valence-electron chi connectivity index (χ1n) is 16.7. The molecule has 3 heterocycles. The molecule has 46 heavy (non-hydrogen) atoms. The molecule has 0 radical (unpaired) electrons. The second-order valence-electron chi connectivity index (χ2n) is 14.3. The minimum atomic E-state index is -2.01. The topological polar surface area (TPSA) is 127 Å². The molecule has 3 aliphatic heterocycles. The molecule has 3 saturated heterocycles. The lowest BCUT2D eigenvalue weighted by Gasteiger charge is -2.60. The summed E-state index contributed by atoms with van der Waals surface area (Å²) in [5, 5.41) is 36.0. The molecule has 1 aromatic carbocycles. The molecule has 3 aliphatic carbocycles. The number of unbranched alkanes of at least 4 members (excludes halogenated alkanes) is 1. The Bertz CT molecular complexity index is 1470.